The molecular weight excluding hydrogens is 472 g/mol. The van der Waals surface area contributed by atoms with Gasteiger partial charge in [0, 0.05) is 27.9 Å². The highest BCUT2D eigenvalue weighted by atomic mass is 32.1. The quantitative estimate of drug-likeness (QED) is 0.219. The number of hydrazone groups is 1. The van der Waals surface area contributed by atoms with E-state index in [4.69, 9.17) is 33.9 Å². The molecule has 1 atom stereocenters. The first-order chi connectivity index (χ1) is 17.5. The molecule has 0 aliphatic heterocycles. The standard InChI is InChI=1S/C25H24N10S/c1-14-10-34(13-30-14)24-17(8-15-4-2-3-5-18(15)31-24)11-35-25-21(23(26)28-12-29-25)22(33-35)16-6-7-19(32-27)20(36)9-16/h2-5,8,10,12-13,16H,6-7,9,11,27H2,1H3,(H2,26,28,29)/b32-19+. The number of imidazole rings is 1. The molecule has 10 nitrogen and oxygen atoms in total. The second-order valence-corrected chi connectivity index (χ2v) is 9.52. The Bertz CT molecular complexity index is 1660. The van der Waals surface area contributed by atoms with Crippen molar-refractivity contribution in [2.24, 2.45) is 10.9 Å². The minimum atomic E-state index is 0.0885. The molecule has 0 amide bonds. The molecule has 0 radical (unpaired) electrons. The van der Waals surface area contributed by atoms with E-state index in [1.807, 2.05) is 40.6 Å². The lowest BCUT2D eigenvalue weighted by Crippen LogP contribution is -2.24. The van der Waals surface area contributed by atoms with Crippen LogP contribution < -0.4 is 11.6 Å². The van der Waals surface area contributed by atoms with Crippen LogP contribution in [-0.2, 0) is 6.54 Å². The highest BCUT2D eigenvalue weighted by Gasteiger charge is 2.29. The van der Waals surface area contributed by atoms with Crippen molar-refractivity contribution in [1.82, 2.24) is 34.3 Å². The van der Waals surface area contributed by atoms with Crippen LogP contribution in [-0.4, -0.2) is 44.9 Å². The van der Waals surface area contributed by atoms with E-state index in [-0.39, 0.29) is 5.92 Å². The van der Waals surface area contributed by atoms with Crippen molar-refractivity contribution in [1.29, 1.82) is 0 Å². The largest absolute Gasteiger partial charge is 0.383 e. The van der Waals surface area contributed by atoms with Gasteiger partial charge in [0.05, 0.1) is 34.5 Å². The minimum absolute atomic E-state index is 0.0885. The molecule has 4 aromatic heterocycles. The van der Waals surface area contributed by atoms with E-state index < -0.39 is 0 Å². The van der Waals surface area contributed by atoms with Gasteiger partial charge in [-0.25, -0.2) is 24.6 Å². The summed E-state index contributed by atoms with van der Waals surface area (Å²) in [6.45, 7) is 2.41. The summed E-state index contributed by atoms with van der Waals surface area (Å²) in [4.78, 5) is 18.9. The summed E-state index contributed by atoms with van der Waals surface area (Å²) < 4.78 is 3.83. The molecule has 36 heavy (non-hydrogen) atoms. The van der Waals surface area contributed by atoms with Crippen LogP contribution in [0.1, 0.15) is 42.1 Å². The van der Waals surface area contributed by atoms with Crippen LogP contribution in [0.5, 0.6) is 0 Å². The van der Waals surface area contributed by atoms with Crippen LogP contribution in [0.2, 0.25) is 0 Å². The van der Waals surface area contributed by atoms with Crippen LogP contribution >= 0.6 is 12.2 Å². The lowest BCUT2D eigenvalue weighted by atomic mass is 9.85. The highest BCUT2D eigenvalue weighted by molar-refractivity contribution is 7.82. The van der Waals surface area contributed by atoms with Gasteiger partial charge in [0.2, 0.25) is 0 Å². The van der Waals surface area contributed by atoms with Gasteiger partial charge in [-0.2, -0.15) is 10.2 Å². The van der Waals surface area contributed by atoms with Crippen molar-refractivity contribution in [2.45, 2.75) is 38.6 Å². The zero-order valence-corrected chi connectivity index (χ0v) is 20.5. The van der Waals surface area contributed by atoms with E-state index in [0.717, 1.165) is 56.1 Å². The Kier molecular flexibility index (Phi) is 5.41. The summed E-state index contributed by atoms with van der Waals surface area (Å²) >= 11 is 5.56. The third-order valence-corrected chi connectivity index (χ3v) is 7.07. The summed E-state index contributed by atoms with van der Waals surface area (Å²) in [6.07, 6.45) is 7.40. The van der Waals surface area contributed by atoms with Crippen molar-refractivity contribution in [3.63, 3.8) is 0 Å². The fraction of sp³-hybridized carbons (Fsp3) is 0.240. The normalized spacial score (nSPS) is 17.4. The molecule has 11 heteroatoms. The van der Waals surface area contributed by atoms with Gasteiger partial charge in [0.15, 0.2) is 5.65 Å². The van der Waals surface area contributed by atoms with Crippen molar-refractivity contribution >= 4 is 50.5 Å². The highest BCUT2D eigenvalue weighted by Crippen LogP contribution is 2.36. The van der Waals surface area contributed by atoms with Crippen LogP contribution in [0.25, 0.3) is 27.8 Å². The molecule has 1 unspecified atom stereocenters. The third kappa shape index (κ3) is 3.77. The van der Waals surface area contributed by atoms with E-state index in [9.17, 15) is 0 Å². The van der Waals surface area contributed by atoms with Crippen molar-refractivity contribution < 1.29 is 0 Å². The summed E-state index contributed by atoms with van der Waals surface area (Å²) in [6, 6.07) is 10.2. The van der Waals surface area contributed by atoms with E-state index in [1.54, 1.807) is 6.33 Å². The van der Waals surface area contributed by atoms with Gasteiger partial charge in [-0.15, -0.1) is 0 Å². The molecule has 5 aromatic rings. The van der Waals surface area contributed by atoms with Gasteiger partial charge in [-0.1, -0.05) is 30.4 Å². The van der Waals surface area contributed by atoms with Crippen LogP contribution in [0.4, 0.5) is 5.82 Å². The first-order valence-electron chi connectivity index (χ1n) is 11.7. The predicted molar refractivity (Wildman–Crippen MR) is 143 cm³/mol. The maximum atomic E-state index is 6.35. The topological polar surface area (TPSA) is 139 Å². The molecule has 0 saturated heterocycles. The van der Waals surface area contributed by atoms with Crippen LogP contribution in [0.15, 0.2) is 54.3 Å². The Balaban J connectivity index is 1.48. The molecule has 1 aliphatic carbocycles. The zero-order valence-electron chi connectivity index (χ0n) is 19.7. The smallest absolute Gasteiger partial charge is 0.163 e. The molecule has 1 fully saturated rings. The molecule has 0 spiro atoms. The summed E-state index contributed by atoms with van der Waals surface area (Å²) in [7, 11) is 0. The average molecular weight is 497 g/mol. The second-order valence-electron chi connectivity index (χ2n) is 9.03. The number of nitrogen functional groups attached to an aromatic ring is 1. The SMILES string of the molecule is Cc1cn(-c2nc3ccccc3cc2Cn2nc(C3CC/C(=N\N)C(=S)C3)c3c(N)ncnc32)cn1. The maximum Gasteiger partial charge on any atom is 0.163 e. The van der Waals surface area contributed by atoms with Gasteiger partial charge in [-0.3, -0.25) is 4.57 Å². The number of aromatic nitrogens is 7. The van der Waals surface area contributed by atoms with Crippen molar-refractivity contribution in [3.8, 4) is 5.82 Å². The first kappa shape index (κ1) is 22.2. The lowest BCUT2D eigenvalue weighted by Gasteiger charge is -2.22. The number of nitrogens with zero attached hydrogens (tertiary/aromatic N) is 8. The number of nitrogens with two attached hydrogens (primary N) is 2. The van der Waals surface area contributed by atoms with E-state index in [0.29, 0.717) is 30.9 Å². The molecule has 4 heterocycles. The fourth-order valence-electron chi connectivity index (χ4n) is 4.91. The summed E-state index contributed by atoms with van der Waals surface area (Å²) in [5.74, 6) is 6.81. The number of fused-ring (bicyclic) bond motifs is 2. The molecule has 1 aromatic carbocycles. The Morgan fingerprint density at radius 1 is 1.19 bits per heavy atom. The molecule has 180 valence electrons. The minimum Gasteiger partial charge on any atom is -0.383 e. The number of benzene rings is 1. The average Bonchev–Trinajstić information content (AvgIpc) is 3.48. The Morgan fingerprint density at radius 2 is 2.06 bits per heavy atom. The number of hydrogen-bond donors (Lipinski definition) is 2. The number of thiocarbonyl (C=S) groups is 1. The second kappa shape index (κ2) is 8.76. The number of aryl methyl sites for hydroxylation is 1. The van der Waals surface area contributed by atoms with Gasteiger partial charge < -0.3 is 11.6 Å². The predicted octanol–water partition coefficient (Wildman–Crippen LogP) is 3.45. The van der Waals surface area contributed by atoms with Gasteiger partial charge in [0.1, 0.15) is 24.3 Å². The molecular formula is C25H24N10S. The number of para-hydroxylation sites is 1. The van der Waals surface area contributed by atoms with Crippen molar-refractivity contribution in [3.05, 3.63) is 66.1 Å². The lowest BCUT2D eigenvalue weighted by molar-refractivity contribution is 0.605. The molecule has 0 bridgehead atoms. The number of anilines is 1. The number of hydrogen-bond acceptors (Lipinski definition) is 9. The molecule has 4 N–H and O–H groups in total. The Morgan fingerprint density at radius 3 is 2.83 bits per heavy atom. The summed E-state index contributed by atoms with van der Waals surface area (Å²) in [5.41, 5.74) is 11.5. The third-order valence-electron chi connectivity index (χ3n) is 6.67. The molecule has 1 aliphatic rings. The van der Waals surface area contributed by atoms with Crippen LogP contribution in [0.3, 0.4) is 0 Å². The van der Waals surface area contributed by atoms with E-state index in [2.05, 4.69) is 32.2 Å². The Hall–Kier alpha value is -4.25. The first-order valence-corrected chi connectivity index (χ1v) is 12.1. The fourth-order valence-corrected chi connectivity index (χ4v) is 5.26. The number of rotatable bonds is 4. The monoisotopic (exact) mass is 496 g/mol. The van der Waals surface area contributed by atoms with E-state index >= 15 is 0 Å². The zero-order chi connectivity index (χ0) is 24.8. The van der Waals surface area contributed by atoms with Crippen LogP contribution in [0, 0.1) is 6.92 Å². The van der Waals surface area contributed by atoms with Crippen molar-refractivity contribution in [2.75, 3.05) is 5.73 Å². The number of pyridine rings is 1. The molecule has 6 rings (SSSR count). The maximum absolute atomic E-state index is 6.35. The van der Waals surface area contributed by atoms with Gasteiger partial charge in [-0.05, 0) is 38.3 Å². The van der Waals surface area contributed by atoms with Gasteiger partial charge in [0.25, 0.3) is 0 Å². The molecule has 1 saturated carbocycles. The van der Waals surface area contributed by atoms with E-state index in [1.165, 1.54) is 6.33 Å². The van der Waals surface area contributed by atoms with Gasteiger partial charge >= 0.3 is 0 Å². The summed E-state index contributed by atoms with van der Waals surface area (Å²) in [5, 5.41) is 10.7. The Labute approximate surface area is 212 Å².